The number of nitrogens with zero attached hydrogens (tertiary/aromatic N) is 4. The van der Waals surface area contributed by atoms with Gasteiger partial charge in [0.05, 0.1) is 57.3 Å². The number of amides is 2. The predicted octanol–water partition coefficient (Wildman–Crippen LogP) is 13.6. The molecule has 2 amide bonds. The van der Waals surface area contributed by atoms with E-state index in [-0.39, 0.29) is 25.3 Å². The quantitative estimate of drug-likeness (QED) is 0.157. The van der Waals surface area contributed by atoms with Gasteiger partial charge in [0.2, 0.25) is 0 Å². The number of carbonyl (C=O) groups excluding carboxylic acids is 2. The summed E-state index contributed by atoms with van der Waals surface area (Å²) >= 11 is 0. The standard InChI is InChI=1S/C58H56N6O4/c1-33-25-35(3)51(36(4)26-33)53-43-17-21-47(59-43)55(63-41(31-67-57(63)65)29-39-13-9-7-10-14-39)49-23-19-45(61-49)54(52-37(5)27-34(2)28-38(52)6)46-20-24-50(62-46)56(48-22-18-44(53)60-48)64-42(32-68-58(64)66)30-40-15-11-8-12-16-40/h7,9-11,13-27,34,41-42,60-61H,8,12,28-32H2,1-6H3. The summed E-state index contributed by atoms with van der Waals surface area (Å²) in [5, 5.41) is 0. The number of nitrogens with one attached hydrogen (secondary N) is 2. The molecule has 8 bridgehead atoms. The van der Waals surface area contributed by atoms with Crippen LogP contribution >= 0.6 is 0 Å². The van der Waals surface area contributed by atoms with Gasteiger partial charge in [0.15, 0.2) is 0 Å². The summed E-state index contributed by atoms with van der Waals surface area (Å²) < 4.78 is 11.8. The maximum absolute atomic E-state index is 14.2. The molecule has 0 spiro atoms. The van der Waals surface area contributed by atoms with E-state index < -0.39 is 12.2 Å². The second-order valence-corrected chi connectivity index (χ2v) is 19.3. The van der Waals surface area contributed by atoms with Crippen molar-refractivity contribution in [3.8, 4) is 11.1 Å². The number of anilines is 2. The molecule has 0 saturated carbocycles. The van der Waals surface area contributed by atoms with E-state index in [1.165, 1.54) is 22.3 Å². The molecule has 0 radical (unpaired) electrons. The highest BCUT2D eigenvalue weighted by molar-refractivity contribution is 6.05. The van der Waals surface area contributed by atoms with Gasteiger partial charge in [0.25, 0.3) is 0 Å². The monoisotopic (exact) mass is 900 g/mol. The van der Waals surface area contributed by atoms with Crippen molar-refractivity contribution in [2.75, 3.05) is 23.0 Å². The van der Waals surface area contributed by atoms with Crippen LogP contribution in [0.25, 0.3) is 63.1 Å². The van der Waals surface area contributed by atoms with Gasteiger partial charge in [0.1, 0.15) is 13.2 Å². The van der Waals surface area contributed by atoms with Crippen LogP contribution in [0.1, 0.15) is 97.0 Å². The van der Waals surface area contributed by atoms with Gasteiger partial charge in [-0.2, -0.15) is 0 Å². The number of hydrogen-bond donors (Lipinski definition) is 2. The van der Waals surface area contributed by atoms with Crippen molar-refractivity contribution in [2.24, 2.45) is 5.92 Å². The molecule has 10 nitrogen and oxygen atoms in total. The molecule has 11 rings (SSSR count). The van der Waals surface area contributed by atoms with Gasteiger partial charge in [-0.25, -0.2) is 19.6 Å². The van der Waals surface area contributed by atoms with Crippen molar-refractivity contribution in [1.29, 1.82) is 0 Å². The molecule has 2 aromatic carbocycles. The molecule has 342 valence electrons. The first-order valence-corrected chi connectivity index (χ1v) is 23.9. The number of allylic oxidation sites excluding steroid dienone is 7. The minimum absolute atomic E-state index is 0.243. The van der Waals surface area contributed by atoms with E-state index in [1.807, 2.05) is 35.3 Å². The molecule has 3 aromatic heterocycles. The van der Waals surface area contributed by atoms with E-state index in [4.69, 9.17) is 19.4 Å². The smallest absolute Gasteiger partial charge is 0.414 e. The fourth-order valence-electron chi connectivity index (χ4n) is 11.4. The van der Waals surface area contributed by atoms with Crippen LogP contribution in [-0.4, -0.2) is 57.4 Å². The summed E-state index contributed by atoms with van der Waals surface area (Å²) in [4.78, 5) is 50.8. The Kier molecular flexibility index (Phi) is 11.0. The van der Waals surface area contributed by atoms with E-state index in [9.17, 15) is 9.59 Å². The first-order chi connectivity index (χ1) is 33.0. The molecule has 10 heteroatoms. The average molecular weight is 901 g/mol. The first kappa shape index (κ1) is 43.1. The number of carbonyl (C=O) groups is 2. The number of fused-ring (bicyclic) bond motifs is 8. The normalized spacial score (nSPS) is 20.1. The summed E-state index contributed by atoms with van der Waals surface area (Å²) in [6.07, 6.45) is 20.5. The fraction of sp³-hybridized carbons (Fsp3) is 0.276. The van der Waals surface area contributed by atoms with E-state index >= 15 is 0 Å². The van der Waals surface area contributed by atoms with Crippen LogP contribution in [0.2, 0.25) is 0 Å². The number of rotatable bonds is 8. The zero-order valence-electron chi connectivity index (χ0n) is 39.6. The SMILES string of the molecule is CC1=CC(C)CC(C)=C1c1c2nc(c(N3C(=O)OCC3CC3=CCCC=C3)c3ccc([nH]3)c(-c3c(C)cc(C)cc3C)c3nc(c(N4C(=O)OCC4Cc4ccccc4)c4ccc1[nH]4)C=C3)C=C2. The van der Waals surface area contributed by atoms with Crippen molar-refractivity contribution < 1.29 is 19.1 Å². The maximum Gasteiger partial charge on any atom is 0.414 e. The minimum Gasteiger partial charge on any atom is -0.447 e. The van der Waals surface area contributed by atoms with Crippen LogP contribution in [0.4, 0.5) is 21.0 Å². The van der Waals surface area contributed by atoms with Gasteiger partial charge < -0.3 is 19.4 Å². The van der Waals surface area contributed by atoms with Gasteiger partial charge in [-0.1, -0.05) is 90.4 Å². The average Bonchev–Trinajstić information content (AvgIpc) is 4.19. The lowest BCUT2D eigenvalue weighted by molar-refractivity contribution is 0.178. The highest BCUT2D eigenvalue weighted by atomic mass is 16.6. The molecule has 3 atom stereocenters. The highest BCUT2D eigenvalue weighted by Gasteiger charge is 2.39. The van der Waals surface area contributed by atoms with Gasteiger partial charge >= 0.3 is 12.2 Å². The Morgan fingerprint density at radius 2 is 1.19 bits per heavy atom. The summed E-state index contributed by atoms with van der Waals surface area (Å²) in [6.45, 7) is 13.6. The molecule has 7 heterocycles. The lowest BCUT2D eigenvalue weighted by Gasteiger charge is -2.23. The van der Waals surface area contributed by atoms with Gasteiger partial charge in [-0.3, -0.25) is 9.80 Å². The van der Waals surface area contributed by atoms with Crippen molar-refractivity contribution in [3.63, 3.8) is 0 Å². The zero-order valence-corrected chi connectivity index (χ0v) is 39.6. The number of benzene rings is 2. The molecule has 3 unspecified atom stereocenters. The van der Waals surface area contributed by atoms with Crippen LogP contribution in [0.15, 0.2) is 108 Å². The highest BCUT2D eigenvalue weighted by Crippen LogP contribution is 2.44. The lowest BCUT2D eigenvalue weighted by atomic mass is 9.83. The third kappa shape index (κ3) is 7.71. The lowest BCUT2D eigenvalue weighted by Crippen LogP contribution is -2.35. The molecule has 68 heavy (non-hydrogen) atoms. The largest absolute Gasteiger partial charge is 0.447 e. The molecule has 4 aliphatic heterocycles. The number of hydrogen-bond acceptors (Lipinski definition) is 6. The Morgan fingerprint density at radius 1 is 0.632 bits per heavy atom. The first-order valence-electron chi connectivity index (χ1n) is 23.9. The third-order valence-electron chi connectivity index (χ3n) is 14.1. The van der Waals surface area contributed by atoms with Crippen molar-refractivity contribution in [1.82, 2.24) is 19.9 Å². The third-order valence-corrected chi connectivity index (χ3v) is 14.1. The summed E-state index contributed by atoms with van der Waals surface area (Å²) in [5.74, 6) is 0.386. The number of cyclic esters (lactones) is 2. The van der Waals surface area contributed by atoms with Crippen LogP contribution < -0.4 is 9.80 Å². The van der Waals surface area contributed by atoms with E-state index in [0.717, 1.165) is 91.7 Å². The molecule has 2 saturated heterocycles. The second kappa shape index (κ2) is 17.3. The molecular weight excluding hydrogens is 845 g/mol. The van der Waals surface area contributed by atoms with Gasteiger partial charge in [-0.05, 0) is 155 Å². The van der Waals surface area contributed by atoms with Crippen molar-refractivity contribution >= 4 is 75.5 Å². The minimum atomic E-state index is -0.415. The van der Waals surface area contributed by atoms with Crippen molar-refractivity contribution in [2.45, 2.75) is 85.7 Å². The van der Waals surface area contributed by atoms with Crippen LogP contribution in [0.3, 0.4) is 0 Å². The maximum atomic E-state index is 14.2. The number of ether oxygens (including phenoxy) is 2. The second-order valence-electron chi connectivity index (χ2n) is 19.3. The molecular formula is C58H56N6O4. The summed E-state index contributed by atoms with van der Waals surface area (Å²) in [5.41, 5.74) is 19.4. The Bertz CT molecular complexity index is 3280. The van der Waals surface area contributed by atoms with E-state index in [0.29, 0.717) is 41.5 Å². The fourth-order valence-corrected chi connectivity index (χ4v) is 11.4. The molecule has 5 aromatic rings. The van der Waals surface area contributed by atoms with Gasteiger partial charge in [0, 0.05) is 22.2 Å². The van der Waals surface area contributed by atoms with E-state index in [2.05, 4.69) is 136 Å². The molecule has 6 aliphatic rings. The van der Waals surface area contributed by atoms with Crippen LogP contribution in [-0.2, 0) is 15.9 Å². The van der Waals surface area contributed by atoms with E-state index in [1.54, 1.807) is 4.90 Å². The number of H-pyrrole nitrogens is 2. The molecule has 2 N–H and O–H groups in total. The van der Waals surface area contributed by atoms with Crippen LogP contribution in [0, 0.1) is 26.7 Å². The molecule has 2 aliphatic carbocycles. The number of aryl methyl sites for hydroxylation is 3. The Balaban J connectivity index is 1.26. The summed E-state index contributed by atoms with van der Waals surface area (Å²) in [6, 6.07) is 22.4. The summed E-state index contributed by atoms with van der Waals surface area (Å²) in [7, 11) is 0. The Labute approximate surface area is 397 Å². The zero-order chi connectivity index (χ0) is 46.8. The number of aromatic amines is 2. The predicted molar refractivity (Wildman–Crippen MR) is 275 cm³/mol. The topological polar surface area (TPSA) is 116 Å². The van der Waals surface area contributed by atoms with Crippen molar-refractivity contribution in [3.05, 3.63) is 158 Å². The van der Waals surface area contributed by atoms with Crippen LogP contribution in [0.5, 0.6) is 0 Å². The number of aromatic nitrogens is 4. The Hall–Kier alpha value is -7.46. The Morgan fingerprint density at radius 3 is 1.78 bits per heavy atom. The molecule has 2 fully saturated rings. The van der Waals surface area contributed by atoms with Gasteiger partial charge in [-0.15, -0.1) is 0 Å².